The van der Waals surface area contributed by atoms with Crippen molar-refractivity contribution in [2.75, 3.05) is 0 Å². The van der Waals surface area contributed by atoms with Crippen LogP contribution in [0.1, 0.15) is 5.69 Å². The van der Waals surface area contributed by atoms with Crippen LogP contribution in [0.3, 0.4) is 0 Å². The summed E-state index contributed by atoms with van der Waals surface area (Å²) >= 11 is 5.96. The van der Waals surface area contributed by atoms with Crippen molar-refractivity contribution >= 4 is 11.6 Å². The number of nitrogens with zero attached hydrogens (tertiary/aromatic N) is 1. The van der Waals surface area contributed by atoms with Gasteiger partial charge in [-0.25, -0.2) is 0 Å². The summed E-state index contributed by atoms with van der Waals surface area (Å²) in [5.74, 6) is 1.19. The molecule has 0 spiro atoms. The first-order chi connectivity index (χ1) is 7.79. The van der Waals surface area contributed by atoms with Gasteiger partial charge in [-0.05, 0) is 18.2 Å². The lowest BCUT2D eigenvalue weighted by molar-refractivity contribution is 0.276. The molecule has 0 atom stereocenters. The number of rotatable bonds is 3. The van der Waals surface area contributed by atoms with Crippen molar-refractivity contribution in [3.05, 3.63) is 53.3 Å². The number of halogens is 1. The van der Waals surface area contributed by atoms with Crippen LogP contribution < -0.4 is 4.74 Å². The van der Waals surface area contributed by atoms with E-state index in [1.54, 1.807) is 30.5 Å². The van der Waals surface area contributed by atoms with E-state index < -0.39 is 0 Å². The van der Waals surface area contributed by atoms with Gasteiger partial charge in [0, 0.05) is 12.3 Å². The summed E-state index contributed by atoms with van der Waals surface area (Å²) in [6.07, 6.45) is 1.58. The third kappa shape index (κ3) is 2.51. The van der Waals surface area contributed by atoms with E-state index in [4.69, 9.17) is 21.4 Å². The minimum absolute atomic E-state index is 0.111. The number of aromatic nitrogens is 1. The highest BCUT2D eigenvalue weighted by molar-refractivity contribution is 6.32. The van der Waals surface area contributed by atoms with Gasteiger partial charge in [-0.3, -0.25) is 4.98 Å². The van der Waals surface area contributed by atoms with Gasteiger partial charge in [0.15, 0.2) is 0 Å². The van der Waals surface area contributed by atoms with Crippen molar-refractivity contribution in [2.45, 2.75) is 6.61 Å². The van der Waals surface area contributed by atoms with Gasteiger partial charge < -0.3 is 9.84 Å². The van der Waals surface area contributed by atoms with E-state index in [2.05, 4.69) is 4.98 Å². The summed E-state index contributed by atoms with van der Waals surface area (Å²) in [5.41, 5.74) is 0.560. The largest absolute Gasteiger partial charge is 0.456 e. The first-order valence-corrected chi connectivity index (χ1v) is 5.15. The second-order valence-corrected chi connectivity index (χ2v) is 3.58. The highest BCUT2D eigenvalue weighted by Gasteiger charge is 2.02. The third-order valence-electron chi connectivity index (χ3n) is 2.01. The molecule has 0 unspecified atom stereocenters. The van der Waals surface area contributed by atoms with Crippen molar-refractivity contribution in [2.24, 2.45) is 0 Å². The molecule has 0 aliphatic carbocycles. The molecule has 1 aromatic heterocycles. The first-order valence-electron chi connectivity index (χ1n) is 4.78. The molecule has 0 saturated heterocycles. The molecule has 16 heavy (non-hydrogen) atoms. The summed E-state index contributed by atoms with van der Waals surface area (Å²) in [5, 5.41) is 9.48. The molecule has 1 aromatic carbocycles. The summed E-state index contributed by atoms with van der Waals surface area (Å²) in [6, 6.07) is 10.6. The smallest absolute Gasteiger partial charge is 0.146 e. The van der Waals surface area contributed by atoms with Crippen LogP contribution in [0.25, 0.3) is 0 Å². The fraction of sp³-hybridized carbons (Fsp3) is 0.0833. The van der Waals surface area contributed by atoms with Crippen LogP contribution in [-0.2, 0) is 6.61 Å². The molecule has 2 aromatic rings. The number of hydrogen-bond donors (Lipinski definition) is 1. The fourth-order valence-electron chi connectivity index (χ4n) is 1.26. The van der Waals surface area contributed by atoms with Crippen molar-refractivity contribution < 1.29 is 9.84 Å². The van der Waals surface area contributed by atoms with Gasteiger partial charge in [0.25, 0.3) is 0 Å². The molecule has 4 heteroatoms. The summed E-state index contributed by atoms with van der Waals surface area (Å²) in [4.78, 5) is 3.96. The maximum absolute atomic E-state index is 8.94. The van der Waals surface area contributed by atoms with Crippen molar-refractivity contribution in [1.82, 2.24) is 4.98 Å². The molecule has 82 valence electrons. The number of aliphatic hydroxyl groups excluding tert-OH is 1. The lowest BCUT2D eigenvalue weighted by atomic mass is 10.3. The highest BCUT2D eigenvalue weighted by Crippen LogP contribution is 2.28. The Hall–Kier alpha value is -1.58. The minimum atomic E-state index is -0.111. The van der Waals surface area contributed by atoms with Crippen LogP contribution in [-0.4, -0.2) is 10.1 Å². The van der Waals surface area contributed by atoms with E-state index in [1.165, 1.54) is 0 Å². The van der Waals surface area contributed by atoms with Gasteiger partial charge in [-0.2, -0.15) is 0 Å². The predicted molar refractivity (Wildman–Crippen MR) is 61.7 cm³/mol. The van der Waals surface area contributed by atoms with Gasteiger partial charge in [0.2, 0.25) is 0 Å². The second-order valence-electron chi connectivity index (χ2n) is 3.17. The van der Waals surface area contributed by atoms with Crippen molar-refractivity contribution in [3.8, 4) is 11.5 Å². The zero-order chi connectivity index (χ0) is 11.4. The molecule has 1 N–H and O–H groups in total. The standard InChI is InChI=1S/C12H10ClNO2/c13-11-3-1-2-4-12(11)16-10-5-6-14-9(7-10)8-15/h1-7,15H,8H2. The summed E-state index contributed by atoms with van der Waals surface area (Å²) < 4.78 is 5.57. The van der Waals surface area contributed by atoms with Gasteiger partial charge in [0.05, 0.1) is 17.3 Å². The van der Waals surface area contributed by atoms with Crippen LogP contribution in [0.4, 0.5) is 0 Å². The fourth-order valence-corrected chi connectivity index (χ4v) is 1.43. The van der Waals surface area contributed by atoms with Crippen molar-refractivity contribution in [1.29, 1.82) is 0 Å². The van der Waals surface area contributed by atoms with Gasteiger partial charge in [0.1, 0.15) is 11.5 Å². The van der Waals surface area contributed by atoms with Crippen LogP contribution in [0.15, 0.2) is 42.6 Å². The minimum Gasteiger partial charge on any atom is -0.456 e. The SMILES string of the molecule is OCc1cc(Oc2ccccc2Cl)ccn1. The van der Waals surface area contributed by atoms with E-state index in [-0.39, 0.29) is 6.61 Å². The topological polar surface area (TPSA) is 42.4 Å². The van der Waals surface area contributed by atoms with E-state index in [0.29, 0.717) is 22.2 Å². The Bertz CT molecular complexity index is 488. The van der Waals surface area contributed by atoms with Crippen LogP contribution >= 0.6 is 11.6 Å². The highest BCUT2D eigenvalue weighted by atomic mass is 35.5. The molecule has 0 bridgehead atoms. The summed E-state index contributed by atoms with van der Waals surface area (Å²) in [6.45, 7) is -0.111. The molecule has 0 saturated carbocycles. The molecule has 0 aliphatic rings. The van der Waals surface area contributed by atoms with E-state index in [0.717, 1.165) is 0 Å². The predicted octanol–water partition coefficient (Wildman–Crippen LogP) is 3.02. The normalized spacial score (nSPS) is 10.1. The Morgan fingerprint density at radius 1 is 1.25 bits per heavy atom. The lowest BCUT2D eigenvalue weighted by Crippen LogP contribution is -1.90. The monoisotopic (exact) mass is 235 g/mol. The Morgan fingerprint density at radius 3 is 2.81 bits per heavy atom. The van der Waals surface area contributed by atoms with Crippen LogP contribution in [0.5, 0.6) is 11.5 Å². The Morgan fingerprint density at radius 2 is 2.06 bits per heavy atom. The second kappa shape index (κ2) is 4.96. The van der Waals surface area contributed by atoms with E-state index in [9.17, 15) is 0 Å². The molecule has 2 rings (SSSR count). The van der Waals surface area contributed by atoms with E-state index in [1.807, 2.05) is 12.1 Å². The summed E-state index contributed by atoms with van der Waals surface area (Å²) in [7, 11) is 0. The number of ether oxygens (including phenoxy) is 1. The molecule has 0 aliphatic heterocycles. The molecular formula is C12H10ClNO2. The number of benzene rings is 1. The average molecular weight is 236 g/mol. The number of para-hydroxylation sites is 1. The molecule has 0 fully saturated rings. The quantitative estimate of drug-likeness (QED) is 0.889. The number of hydrogen-bond acceptors (Lipinski definition) is 3. The van der Waals surface area contributed by atoms with Gasteiger partial charge >= 0.3 is 0 Å². The van der Waals surface area contributed by atoms with Crippen molar-refractivity contribution in [3.63, 3.8) is 0 Å². The first kappa shape index (κ1) is 10.9. The number of aliphatic hydroxyl groups is 1. The van der Waals surface area contributed by atoms with Crippen LogP contribution in [0, 0.1) is 0 Å². The maximum Gasteiger partial charge on any atom is 0.146 e. The van der Waals surface area contributed by atoms with E-state index >= 15 is 0 Å². The van der Waals surface area contributed by atoms with Gasteiger partial charge in [-0.1, -0.05) is 23.7 Å². The molecule has 0 amide bonds. The molecular weight excluding hydrogens is 226 g/mol. The average Bonchev–Trinajstić information content (AvgIpc) is 2.32. The van der Waals surface area contributed by atoms with Gasteiger partial charge in [-0.15, -0.1) is 0 Å². The lowest BCUT2D eigenvalue weighted by Gasteiger charge is -2.07. The zero-order valence-electron chi connectivity index (χ0n) is 8.43. The Labute approximate surface area is 98.3 Å². The maximum atomic E-state index is 8.94. The molecule has 0 radical (unpaired) electrons. The third-order valence-corrected chi connectivity index (χ3v) is 2.33. The molecule has 3 nitrogen and oxygen atoms in total. The Kier molecular flexibility index (Phi) is 3.39. The number of pyridine rings is 1. The van der Waals surface area contributed by atoms with Crippen LogP contribution in [0.2, 0.25) is 5.02 Å². The molecule has 1 heterocycles. The Balaban J connectivity index is 2.24. The zero-order valence-corrected chi connectivity index (χ0v) is 9.19.